The zero-order valence-corrected chi connectivity index (χ0v) is 14.8. The maximum atomic E-state index is 12.5. The van der Waals surface area contributed by atoms with E-state index in [-0.39, 0.29) is 11.9 Å². The standard InChI is InChI=1S/C20H29NO2/c1-6-20(22)21(17-10-8-16(9-11-17)14(2)3)19-13-18(23-5)12-7-15(19)4/h6-7,12-14,16-17H,1,8-11H2,2-5H3. The van der Waals surface area contributed by atoms with Gasteiger partial charge in [0, 0.05) is 12.1 Å². The van der Waals surface area contributed by atoms with Crippen LogP contribution in [0.4, 0.5) is 5.69 Å². The van der Waals surface area contributed by atoms with Crippen LogP contribution in [0.25, 0.3) is 0 Å². The third-order valence-corrected chi connectivity index (χ3v) is 5.14. The number of rotatable bonds is 5. The third kappa shape index (κ3) is 3.95. The number of nitrogens with zero attached hydrogens (tertiary/aromatic N) is 1. The maximum absolute atomic E-state index is 12.5. The molecule has 1 fully saturated rings. The predicted octanol–water partition coefficient (Wildman–Crippen LogP) is 4.74. The van der Waals surface area contributed by atoms with Gasteiger partial charge >= 0.3 is 0 Å². The van der Waals surface area contributed by atoms with Crippen LogP contribution in [-0.4, -0.2) is 19.1 Å². The number of benzene rings is 1. The smallest absolute Gasteiger partial charge is 0.250 e. The Bertz CT molecular complexity index is 557. The molecule has 0 aliphatic heterocycles. The van der Waals surface area contributed by atoms with E-state index in [1.165, 1.54) is 18.9 Å². The van der Waals surface area contributed by atoms with Crippen molar-refractivity contribution in [1.29, 1.82) is 0 Å². The van der Waals surface area contributed by atoms with Crippen molar-refractivity contribution < 1.29 is 9.53 Å². The van der Waals surface area contributed by atoms with Crippen molar-refractivity contribution in [2.45, 2.75) is 52.5 Å². The van der Waals surface area contributed by atoms with Crippen LogP contribution in [0.3, 0.4) is 0 Å². The molecule has 2 rings (SSSR count). The maximum Gasteiger partial charge on any atom is 0.250 e. The number of hydrogen-bond donors (Lipinski definition) is 0. The minimum atomic E-state index is -0.0191. The Morgan fingerprint density at radius 3 is 2.48 bits per heavy atom. The minimum absolute atomic E-state index is 0.0191. The monoisotopic (exact) mass is 315 g/mol. The highest BCUT2D eigenvalue weighted by molar-refractivity contribution is 6.02. The van der Waals surface area contributed by atoms with Crippen LogP contribution in [0.2, 0.25) is 0 Å². The fourth-order valence-electron chi connectivity index (χ4n) is 3.60. The fourth-order valence-corrected chi connectivity index (χ4v) is 3.60. The Morgan fingerprint density at radius 1 is 1.30 bits per heavy atom. The molecule has 0 heterocycles. The SMILES string of the molecule is C=CC(=O)N(c1cc(OC)ccc1C)C1CCC(C(C)C)CC1. The Balaban J connectivity index is 2.28. The molecule has 1 aromatic carbocycles. The zero-order valence-electron chi connectivity index (χ0n) is 14.8. The molecule has 3 nitrogen and oxygen atoms in total. The van der Waals surface area contributed by atoms with E-state index >= 15 is 0 Å². The van der Waals surface area contributed by atoms with E-state index in [1.807, 2.05) is 30.0 Å². The van der Waals surface area contributed by atoms with Crippen molar-refractivity contribution in [1.82, 2.24) is 0 Å². The summed E-state index contributed by atoms with van der Waals surface area (Å²) in [6.07, 6.45) is 5.91. The summed E-state index contributed by atoms with van der Waals surface area (Å²) in [5.74, 6) is 2.26. The third-order valence-electron chi connectivity index (χ3n) is 5.14. The lowest BCUT2D eigenvalue weighted by molar-refractivity contribution is -0.114. The number of methoxy groups -OCH3 is 1. The second-order valence-electron chi connectivity index (χ2n) is 6.88. The van der Waals surface area contributed by atoms with E-state index in [9.17, 15) is 4.79 Å². The average molecular weight is 315 g/mol. The lowest BCUT2D eigenvalue weighted by atomic mass is 9.79. The van der Waals surface area contributed by atoms with Gasteiger partial charge in [0.05, 0.1) is 12.8 Å². The zero-order chi connectivity index (χ0) is 17.0. The first kappa shape index (κ1) is 17.6. The molecule has 0 radical (unpaired) electrons. The Labute approximate surface area is 140 Å². The Hall–Kier alpha value is -1.77. The molecule has 0 saturated heterocycles. The van der Waals surface area contributed by atoms with Crippen molar-refractivity contribution in [2.75, 3.05) is 12.0 Å². The molecule has 0 spiro atoms. The van der Waals surface area contributed by atoms with E-state index in [0.29, 0.717) is 0 Å². The minimum Gasteiger partial charge on any atom is -0.497 e. The van der Waals surface area contributed by atoms with Crippen LogP contribution in [-0.2, 0) is 4.79 Å². The quantitative estimate of drug-likeness (QED) is 0.735. The number of carbonyl (C=O) groups excluding carboxylic acids is 1. The van der Waals surface area contributed by atoms with Crippen molar-refractivity contribution in [2.24, 2.45) is 11.8 Å². The van der Waals surface area contributed by atoms with Crippen LogP contribution in [0.15, 0.2) is 30.9 Å². The highest BCUT2D eigenvalue weighted by atomic mass is 16.5. The lowest BCUT2D eigenvalue weighted by Gasteiger charge is -2.38. The summed E-state index contributed by atoms with van der Waals surface area (Å²) in [5.41, 5.74) is 2.04. The van der Waals surface area contributed by atoms with Gasteiger partial charge in [0.1, 0.15) is 5.75 Å². The van der Waals surface area contributed by atoms with Gasteiger partial charge in [0.15, 0.2) is 0 Å². The molecule has 126 valence electrons. The van der Waals surface area contributed by atoms with Gasteiger partial charge in [0.25, 0.3) is 5.91 Å². The van der Waals surface area contributed by atoms with Gasteiger partial charge in [-0.05, 0) is 62.1 Å². The highest BCUT2D eigenvalue weighted by Gasteiger charge is 2.30. The molecule has 0 aromatic heterocycles. The number of aryl methyl sites for hydroxylation is 1. The number of carbonyl (C=O) groups is 1. The lowest BCUT2D eigenvalue weighted by Crippen LogP contribution is -2.42. The molecule has 1 saturated carbocycles. The Kier molecular flexibility index (Phi) is 5.86. The number of anilines is 1. The normalized spacial score (nSPS) is 21.1. The largest absolute Gasteiger partial charge is 0.497 e. The van der Waals surface area contributed by atoms with E-state index in [0.717, 1.165) is 41.7 Å². The van der Waals surface area contributed by atoms with Crippen LogP contribution in [0.1, 0.15) is 45.1 Å². The molecule has 1 aromatic rings. The van der Waals surface area contributed by atoms with E-state index < -0.39 is 0 Å². The highest BCUT2D eigenvalue weighted by Crippen LogP contribution is 2.36. The first-order valence-corrected chi connectivity index (χ1v) is 8.58. The van der Waals surface area contributed by atoms with Gasteiger partial charge < -0.3 is 9.64 Å². The number of ether oxygens (including phenoxy) is 1. The van der Waals surface area contributed by atoms with Crippen LogP contribution >= 0.6 is 0 Å². The molecule has 0 bridgehead atoms. The summed E-state index contributed by atoms with van der Waals surface area (Å²) < 4.78 is 5.35. The molecule has 1 amide bonds. The summed E-state index contributed by atoms with van der Waals surface area (Å²) in [4.78, 5) is 14.5. The number of amides is 1. The average Bonchev–Trinajstić information content (AvgIpc) is 2.57. The fraction of sp³-hybridized carbons (Fsp3) is 0.550. The van der Waals surface area contributed by atoms with Crippen molar-refractivity contribution in [3.05, 3.63) is 36.4 Å². The second-order valence-corrected chi connectivity index (χ2v) is 6.88. The first-order valence-electron chi connectivity index (χ1n) is 8.58. The summed E-state index contributed by atoms with van der Waals surface area (Å²) in [7, 11) is 1.65. The molecule has 1 aliphatic rings. The van der Waals surface area contributed by atoms with Crippen molar-refractivity contribution >= 4 is 11.6 Å². The molecule has 0 atom stereocenters. The second kappa shape index (κ2) is 7.67. The van der Waals surface area contributed by atoms with Gasteiger partial charge in [-0.25, -0.2) is 0 Å². The van der Waals surface area contributed by atoms with Gasteiger partial charge in [-0.3, -0.25) is 4.79 Å². The molecular formula is C20H29NO2. The van der Waals surface area contributed by atoms with Gasteiger partial charge in [0.2, 0.25) is 0 Å². The van der Waals surface area contributed by atoms with Gasteiger partial charge in [-0.15, -0.1) is 0 Å². The Morgan fingerprint density at radius 2 is 1.96 bits per heavy atom. The van der Waals surface area contributed by atoms with E-state index in [4.69, 9.17) is 4.74 Å². The molecule has 3 heteroatoms. The predicted molar refractivity (Wildman–Crippen MR) is 96.0 cm³/mol. The molecule has 0 N–H and O–H groups in total. The van der Waals surface area contributed by atoms with Crippen molar-refractivity contribution in [3.63, 3.8) is 0 Å². The molecule has 0 unspecified atom stereocenters. The van der Waals surface area contributed by atoms with Crippen LogP contribution in [0.5, 0.6) is 5.75 Å². The summed E-state index contributed by atoms with van der Waals surface area (Å²) in [6.45, 7) is 10.3. The van der Waals surface area contributed by atoms with Crippen molar-refractivity contribution in [3.8, 4) is 5.75 Å². The van der Waals surface area contributed by atoms with Gasteiger partial charge in [-0.2, -0.15) is 0 Å². The first-order chi connectivity index (χ1) is 11.0. The van der Waals surface area contributed by atoms with E-state index in [2.05, 4.69) is 20.4 Å². The number of hydrogen-bond acceptors (Lipinski definition) is 2. The molecular weight excluding hydrogens is 286 g/mol. The summed E-state index contributed by atoms with van der Waals surface area (Å²) >= 11 is 0. The topological polar surface area (TPSA) is 29.5 Å². The molecule has 23 heavy (non-hydrogen) atoms. The van der Waals surface area contributed by atoms with Gasteiger partial charge in [-0.1, -0.05) is 26.5 Å². The van der Waals surface area contributed by atoms with Crippen LogP contribution < -0.4 is 9.64 Å². The summed E-state index contributed by atoms with van der Waals surface area (Å²) in [6, 6.07) is 6.16. The summed E-state index contributed by atoms with van der Waals surface area (Å²) in [5, 5.41) is 0. The van der Waals surface area contributed by atoms with Crippen LogP contribution in [0, 0.1) is 18.8 Å². The molecule has 1 aliphatic carbocycles. The van der Waals surface area contributed by atoms with E-state index in [1.54, 1.807) is 7.11 Å².